The molecular formula is C12H14F2N4S. The van der Waals surface area contributed by atoms with E-state index >= 15 is 0 Å². The van der Waals surface area contributed by atoms with Crippen LogP contribution in [0.25, 0.3) is 0 Å². The highest BCUT2D eigenvalue weighted by Crippen LogP contribution is 2.23. The van der Waals surface area contributed by atoms with Crippen LogP contribution in [0, 0.1) is 11.6 Å². The quantitative estimate of drug-likeness (QED) is 0.765. The molecule has 0 unspecified atom stereocenters. The zero-order valence-electron chi connectivity index (χ0n) is 10.5. The Hall–Kier alpha value is -1.50. The van der Waals surface area contributed by atoms with Crippen molar-refractivity contribution in [2.24, 2.45) is 0 Å². The van der Waals surface area contributed by atoms with E-state index in [1.165, 1.54) is 17.8 Å². The van der Waals surface area contributed by atoms with Gasteiger partial charge in [0.1, 0.15) is 0 Å². The third-order valence-electron chi connectivity index (χ3n) is 2.59. The molecule has 1 aromatic carbocycles. The number of aryl methyl sites for hydroxylation is 1. The molecule has 0 saturated heterocycles. The summed E-state index contributed by atoms with van der Waals surface area (Å²) >= 11 is 1.38. The van der Waals surface area contributed by atoms with Gasteiger partial charge in [0.15, 0.2) is 17.5 Å². The number of tetrazole rings is 1. The summed E-state index contributed by atoms with van der Waals surface area (Å²) < 4.78 is 27.6. The van der Waals surface area contributed by atoms with Crippen LogP contribution in [0.2, 0.25) is 0 Å². The summed E-state index contributed by atoms with van der Waals surface area (Å²) in [7, 11) is 0. The van der Waals surface area contributed by atoms with Crippen molar-refractivity contribution in [1.82, 2.24) is 20.2 Å². The first-order chi connectivity index (χ1) is 9.20. The molecule has 2 rings (SSSR count). The predicted molar refractivity (Wildman–Crippen MR) is 68.6 cm³/mol. The zero-order chi connectivity index (χ0) is 13.7. The van der Waals surface area contributed by atoms with E-state index in [0.29, 0.717) is 10.6 Å². The number of aromatic nitrogens is 4. The van der Waals surface area contributed by atoms with Gasteiger partial charge in [-0.1, -0.05) is 13.3 Å². The number of halogens is 2. The first kappa shape index (κ1) is 13.9. The van der Waals surface area contributed by atoms with Crippen molar-refractivity contribution < 1.29 is 8.78 Å². The van der Waals surface area contributed by atoms with Crippen LogP contribution < -0.4 is 0 Å². The summed E-state index contributed by atoms with van der Waals surface area (Å²) in [6.07, 6.45) is 2.07. The van der Waals surface area contributed by atoms with Gasteiger partial charge in [0.25, 0.3) is 0 Å². The van der Waals surface area contributed by atoms with Gasteiger partial charge >= 0.3 is 0 Å². The van der Waals surface area contributed by atoms with Crippen molar-refractivity contribution in [3.63, 3.8) is 0 Å². The minimum atomic E-state index is -0.837. The average molecular weight is 284 g/mol. The number of benzene rings is 1. The number of hydrogen-bond acceptors (Lipinski definition) is 4. The SMILES string of the molecule is CCCCn1nnnc1CSc1ccc(F)c(F)c1. The fraction of sp³-hybridized carbons (Fsp3) is 0.417. The molecule has 0 bridgehead atoms. The third-order valence-corrected chi connectivity index (χ3v) is 3.58. The summed E-state index contributed by atoms with van der Waals surface area (Å²) in [5.74, 6) is -0.405. The van der Waals surface area contributed by atoms with E-state index in [1.807, 2.05) is 0 Å². The molecule has 1 aromatic heterocycles. The Morgan fingerprint density at radius 2 is 2.11 bits per heavy atom. The Morgan fingerprint density at radius 1 is 1.26 bits per heavy atom. The molecule has 0 saturated carbocycles. The molecule has 1 heterocycles. The number of hydrogen-bond donors (Lipinski definition) is 0. The van der Waals surface area contributed by atoms with Crippen molar-refractivity contribution in [1.29, 1.82) is 0 Å². The van der Waals surface area contributed by atoms with E-state index in [0.717, 1.165) is 31.3 Å². The molecule has 0 aliphatic rings. The molecule has 0 radical (unpaired) electrons. The van der Waals surface area contributed by atoms with Gasteiger partial charge in [-0.25, -0.2) is 13.5 Å². The lowest BCUT2D eigenvalue weighted by Gasteiger charge is -2.04. The second-order valence-electron chi connectivity index (χ2n) is 4.04. The van der Waals surface area contributed by atoms with Gasteiger partial charge in [0, 0.05) is 11.4 Å². The summed E-state index contributed by atoms with van der Waals surface area (Å²) in [4.78, 5) is 0.656. The highest BCUT2D eigenvalue weighted by Gasteiger charge is 2.08. The maximum Gasteiger partial charge on any atom is 0.161 e. The average Bonchev–Trinajstić information content (AvgIpc) is 2.85. The number of rotatable bonds is 6. The Labute approximate surface area is 114 Å². The maximum atomic E-state index is 13.1. The van der Waals surface area contributed by atoms with Crippen LogP contribution in [0.1, 0.15) is 25.6 Å². The lowest BCUT2D eigenvalue weighted by atomic mass is 10.3. The largest absolute Gasteiger partial charge is 0.229 e. The Morgan fingerprint density at radius 3 is 2.84 bits per heavy atom. The molecular weight excluding hydrogens is 270 g/mol. The van der Waals surface area contributed by atoms with Crippen LogP contribution in [-0.2, 0) is 12.3 Å². The van der Waals surface area contributed by atoms with Crippen molar-refractivity contribution >= 4 is 11.8 Å². The predicted octanol–water partition coefficient (Wildman–Crippen LogP) is 3.04. The minimum Gasteiger partial charge on any atom is -0.229 e. The molecule has 0 amide bonds. The monoisotopic (exact) mass is 284 g/mol. The van der Waals surface area contributed by atoms with Gasteiger partial charge in [-0.15, -0.1) is 16.9 Å². The van der Waals surface area contributed by atoms with Crippen LogP contribution in [0.3, 0.4) is 0 Å². The minimum absolute atomic E-state index is 0.530. The summed E-state index contributed by atoms with van der Waals surface area (Å²) in [6, 6.07) is 3.85. The van der Waals surface area contributed by atoms with Crippen LogP contribution in [0.4, 0.5) is 8.78 Å². The molecule has 0 spiro atoms. The van der Waals surface area contributed by atoms with Gasteiger partial charge in [-0.05, 0) is 35.0 Å². The lowest BCUT2D eigenvalue weighted by molar-refractivity contribution is 0.506. The summed E-state index contributed by atoms with van der Waals surface area (Å²) in [6.45, 7) is 2.87. The van der Waals surface area contributed by atoms with Crippen molar-refractivity contribution in [3.8, 4) is 0 Å². The number of thioether (sulfide) groups is 1. The molecule has 0 N–H and O–H groups in total. The molecule has 0 aliphatic heterocycles. The Balaban J connectivity index is 1.98. The van der Waals surface area contributed by atoms with E-state index in [9.17, 15) is 8.78 Å². The standard InChI is InChI=1S/C12H14F2N4S/c1-2-3-6-18-12(15-16-17-18)8-19-9-4-5-10(13)11(14)7-9/h4-5,7H,2-3,6,8H2,1H3. The smallest absolute Gasteiger partial charge is 0.161 e. The molecule has 0 aliphatic carbocycles. The van der Waals surface area contributed by atoms with Crippen molar-refractivity contribution in [3.05, 3.63) is 35.7 Å². The van der Waals surface area contributed by atoms with Gasteiger partial charge in [-0.2, -0.15) is 0 Å². The molecule has 0 fully saturated rings. The first-order valence-corrected chi connectivity index (χ1v) is 7.02. The molecule has 4 nitrogen and oxygen atoms in total. The maximum absolute atomic E-state index is 13.1. The Bertz CT molecular complexity index is 544. The molecule has 19 heavy (non-hydrogen) atoms. The Kier molecular flexibility index (Phi) is 4.84. The molecule has 102 valence electrons. The molecule has 2 aromatic rings. The van der Waals surface area contributed by atoms with E-state index in [4.69, 9.17) is 0 Å². The second kappa shape index (κ2) is 6.60. The van der Waals surface area contributed by atoms with Gasteiger partial charge in [0.2, 0.25) is 0 Å². The van der Waals surface area contributed by atoms with Crippen LogP contribution in [0.15, 0.2) is 23.1 Å². The first-order valence-electron chi connectivity index (χ1n) is 6.03. The van der Waals surface area contributed by atoms with Crippen LogP contribution >= 0.6 is 11.8 Å². The number of nitrogens with zero attached hydrogens (tertiary/aromatic N) is 4. The number of unbranched alkanes of at least 4 members (excludes halogenated alkanes) is 1. The van der Waals surface area contributed by atoms with Crippen LogP contribution in [0.5, 0.6) is 0 Å². The molecule has 7 heteroatoms. The van der Waals surface area contributed by atoms with Crippen LogP contribution in [-0.4, -0.2) is 20.2 Å². The third kappa shape index (κ3) is 3.73. The second-order valence-corrected chi connectivity index (χ2v) is 5.09. The lowest BCUT2D eigenvalue weighted by Crippen LogP contribution is -2.04. The van der Waals surface area contributed by atoms with E-state index in [-0.39, 0.29) is 0 Å². The van der Waals surface area contributed by atoms with Crippen molar-refractivity contribution in [2.45, 2.75) is 37.0 Å². The summed E-state index contributed by atoms with van der Waals surface area (Å²) in [5.41, 5.74) is 0. The highest BCUT2D eigenvalue weighted by atomic mass is 32.2. The topological polar surface area (TPSA) is 43.6 Å². The van der Waals surface area contributed by atoms with Gasteiger partial charge in [0.05, 0.1) is 5.75 Å². The molecule has 0 atom stereocenters. The van der Waals surface area contributed by atoms with Crippen molar-refractivity contribution in [2.75, 3.05) is 0 Å². The van der Waals surface area contributed by atoms with E-state index in [1.54, 1.807) is 10.7 Å². The van der Waals surface area contributed by atoms with E-state index < -0.39 is 11.6 Å². The van der Waals surface area contributed by atoms with Gasteiger partial charge < -0.3 is 0 Å². The fourth-order valence-corrected chi connectivity index (χ4v) is 2.38. The fourth-order valence-electron chi connectivity index (χ4n) is 1.52. The normalized spacial score (nSPS) is 10.9. The van der Waals surface area contributed by atoms with Gasteiger partial charge in [-0.3, -0.25) is 0 Å². The summed E-state index contributed by atoms with van der Waals surface area (Å²) in [5, 5.41) is 11.5. The van der Waals surface area contributed by atoms with E-state index in [2.05, 4.69) is 22.4 Å². The zero-order valence-corrected chi connectivity index (χ0v) is 11.3. The highest BCUT2D eigenvalue weighted by molar-refractivity contribution is 7.98.